The normalized spacial score (nSPS) is 21.4. The molecule has 1 amide bonds. The zero-order valence-electron chi connectivity index (χ0n) is 17.9. The second kappa shape index (κ2) is 9.21. The summed E-state index contributed by atoms with van der Waals surface area (Å²) in [5, 5.41) is 25.8. The summed E-state index contributed by atoms with van der Waals surface area (Å²) < 4.78 is 46.3. The first kappa shape index (κ1) is 24.5. The predicted molar refractivity (Wildman–Crippen MR) is 132 cm³/mol. The second-order valence-electron chi connectivity index (χ2n) is 7.84. The van der Waals surface area contributed by atoms with Crippen LogP contribution in [0.1, 0.15) is 12.5 Å². The molecule has 0 saturated carbocycles. The van der Waals surface area contributed by atoms with Crippen LogP contribution in [0.5, 0.6) is 0 Å². The molecule has 4 N–H and O–H groups in total. The van der Waals surface area contributed by atoms with Crippen LogP contribution >= 0.6 is 22.6 Å². The minimum atomic E-state index is -2.23. The van der Waals surface area contributed by atoms with Gasteiger partial charge in [0.15, 0.2) is 0 Å². The van der Waals surface area contributed by atoms with Crippen molar-refractivity contribution in [3.63, 3.8) is 0 Å². The fraction of sp³-hybridized carbons (Fsp3) is 0.125. The number of aliphatic carboxylic acids is 1. The van der Waals surface area contributed by atoms with Gasteiger partial charge in [-0.2, -0.15) is 0 Å². The van der Waals surface area contributed by atoms with Gasteiger partial charge in [-0.25, -0.2) is 18.0 Å². The number of nitrogens with one attached hydrogen (secondary N) is 2. The molecule has 35 heavy (non-hydrogen) atoms. The van der Waals surface area contributed by atoms with Crippen molar-refractivity contribution in [1.82, 2.24) is 0 Å². The first-order chi connectivity index (χ1) is 16.5. The van der Waals surface area contributed by atoms with Crippen molar-refractivity contribution in [2.24, 2.45) is 10.9 Å². The Kier molecular flexibility index (Phi) is 6.45. The highest BCUT2D eigenvalue weighted by atomic mass is 127. The van der Waals surface area contributed by atoms with Gasteiger partial charge in [-0.15, -0.1) is 0 Å². The van der Waals surface area contributed by atoms with Gasteiger partial charge in [0, 0.05) is 28.5 Å². The maximum absolute atomic E-state index is 16.0. The monoisotopic (exact) mass is 595 g/mol. The van der Waals surface area contributed by atoms with E-state index in [-0.39, 0.29) is 16.9 Å². The standard InChI is InChI=1S/C24H17F3IN3O4/c1-11(32)30-14-4-2-3-12(7-14)24(31-18-6-5-13(28)8-16(18)25)19(27)9-17(26)21-20(24)22(33)15(10-29-21)23(34)35/h2-10,20,31,33H,1H3,(H,30,32)(H,34,35). The summed E-state index contributed by atoms with van der Waals surface area (Å²) in [4.78, 5) is 27.2. The molecule has 4 rings (SSSR count). The number of aliphatic hydroxyl groups excluding tert-OH is 1. The lowest BCUT2D eigenvalue weighted by atomic mass is 9.69. The third kappa shape index (κ3) is 4.31. The molecule has 0 radical (unpaired) electrons. The van der Waals surface area contributed by atoms with Crippen LogP contribution in [-0.4, -0.2) is 28.3 Å². The second-order valence-corrected chi connectivity index (χ2v) is 9.09. The van der Waals surface area contributed by atoms with Gasteiger partial charge in [-0.05, 0) is 58.5 Å². The molecule has 2 aromatic carbocycles. The van der Waals surface area contributed by atoms with Crippen molar-refractivity contribution in [3.05, 3.63) is 92.2 Å². The van der Waals surface area contributed by atoms with Crippen molar-refractivity contribution in [1.29, 1.82) is 0 Å². The number of nitrogens with zero attached hydrogens (tertiary/aromatic N) is 1. The predicted octanol–water partition coefficient (Wildman–Crippen LogP) is 5.34. The summed E-state index contributed by atoms with van der Waals surface area (Å²) in [7, 11) is 0. The number of carboxylic acid groups (broad SMARTS) is 1. The number of carboxylic acids is 1. The summed E-state index contributed by atoms with van der Waals surface area (Å²) in [6.07, 6.45) is 1.31. The van der Waals surface area contributed by atoms with E-state index in [1.165, 1.54) is 43.3 Å². The van der Waals surface area contributed by atoms with Crippen LogP contribution in [0.15, 0.2) is 82.2 Å². The first-order valence-corrected chi connectivity index (χ1v) is 11.2. The van der Waals surface area contributed by atoms with Crippen LogP contribution in [-0.2, 0) is 15.1 Å². The summed E-state index contributed by atoms with van der Waals surface area (Å²) in [5.74, 6) is -7.65. The maximum atomic E-state index is 16.0. The number of dihydropyridines is 1. The summed E-state index contributed by atoms with van der Waals surface area (Å²) >= 11 is 1.89. The topological polar surface area (TPSA) is 111 Å². The molecule has 1 aliphatic heterocycles. The number of aliphatic hydroxyl groups is 1. The number of hydrogen-bond acceptors (Lipinski definition) is 5. The molecule has 2 atom stereocenters. The van der Waals surface area contributed by atoms with E-state index in [1.807, 2.05) is 22.6 Å². The smallest absolute Gasteiger partial charge is 0.340 e. The Hall–Kier alpha value is -3.61. The number of allylic oxidation sites excluding steroid dienone is 2. The fourth-order valence-corrected chi connectivity index (χ4v) is 4.58. The zero-order chi connectivity index (χ0) is 25.5. The molecule has 0 saturated heterocycles. The molecule has 0 fully saturated rings. The Morgan fingerprint density at radius 2 is 1.89 bits per heavy atom. The lowest BCUT2D eigenvalue weighted by Crippen LogP contribution is -2.48. The SMILES string of the molecule is CC(=O)Nc1cccc(C2(Nc3ccc(I)cc3F)C(F)=CC(F)=C3N=CC(C(=O)O)=C(O)C32)c1. The third-order valence-electron chi connectivity index (χ3n) is 5.60. The minimum absolute atomic E-state index is 0.0406. The van der Waals surface area contributed by atoms with Crippen molar-refractivity contribution in [2.75, 3.05) is 10.6 Å². The first-order valence-electron chi connectivity index (χ1n) is 10.1. The van der Waals surface area contributed by atoms with Gasteiger partial charge in [0.2, 0.25) is 5.91 Å². The van der Waals surface area contributed by atoms with Gasteiger partial charge < -0.3 is 20.8 Å². The van der Waals surface area contributed by atoms with Crippen molar-refractivity contribution >= 4 is 52.1 Å². The average Bonchev–Trinajstić information content (AvgIpc) is 2.77. The van der Waals surface area contributed by atoms with Gasteiger partial charge in [-0.1, -0.05) is 12.1 Å². The van der Waals surface area contributed by atoms with Gasteiger partial charge in [-0.3, -0.25) is 9.79 Å². The van der Waals surface area contributed by atoms with Gasteiger partial charge in [0.1, 0.15) is 34.3 Å². The summed E-state index contributed by atoms with van der Waals surface area (Å²) in [6, 6.07) is 9.84. The van der Waals surface area contributed by atoms with Crippen LogP contribution in [0.3, 0.4) is 0 Å². The molecule has 2 unspecified atom stereocenters. The molecule has 0 bridgehead atoms. The van der Waals surface area contributed by atoms with Crippen molar-refractivity contribution in [3.8, 4) is 0 Å². The highest BCUT2D eigenvalue weighted by Crippen LogP contribution is 2.53. The van der Waals surface area contributed by atoms with E-state index in [9.17, 15) is 28.6 Å². The fourth-order valence-electron chi connectivity index (χ4n) is 4.13. The van der Waals surface area contributed by atoms with E-state index in [0.29, 0.717) is 9.65 Å². The Morgan fingerprint density at radius 3 is 2.54 bits per heavy atom. The molecule has 1 aliphatic carbocycles. The Bertz CT molecular complexity index is 1390. The lowest BCUT2D eigenvalue weighted by molar-refractivity contribution is -0.132. The zero-order valence-corrected chi connectivity index (χ0v) is 20.1. The average molecular weight is 595 g/mol. The number of benzene rings is 2. The number of anilines is 2. The molecule has 7 nitrogen and oxygen atoms in total. The Morgan fingerprint density at radius 1 is 1.14 bits per heavy atom. The van der Waals surface area contributed by atoms with Crippen molar-refractivity contribution in [2.45, 2.75) is 12.5 Å². The lowest BCUT2D eigenvalue weighted by Gasteiger charge is -2.44. The van der Waals surface area contributed by atoms with Crippen LogP contribution in [0.4, 0.5) is 24.5 Å². The summed E-state index contributed by atoms with van der Waals surface area (Å²) in [6.45, 7) is 1.27. The van der Waals surface area contributed by atoms with E-state index in [0.717, 1.165) is 6.21 Å². The molecule has 0 aromatic heterocycles. The van der Waals surface area contributed by atoms with Crippen LogP contribution in [0.25, 0.3) is 0 Å². The quantitative estimate of drug-likeness (QED) is 0.349. The molecule has 180 valence electrons. The number of aliphatic imine (C=N–C) groups is 1. The minimum Gasteiger partial charge on any atom is -0.511 e. The van der Waals surface area contributed by atoms with Gasteiger partial charge in [0.25, 0.3) is 0 Å². The Balaban J connectivity index is 2.03. The number of carbonyl (C=O) groups is 2. The number of amides is 1. The molecule has 0 spiro atoms. The number of hydrogen-bond donors (Lipinski definition) is 4. The molecular weight excluding hydrogens is 578 g/mol. The van der Waals surface area contributed by atoms with Crippen molar-refractivity contribution < 1.29 is 33.0 Å². The summed E-state index contributed by atoms with van der Waals surface area (Å²) in [5.41, 5.74) is -3.26. The van der Waals surface area contributed by atoms with E-state index >= 15 is 4.39 Å². The van der Waals surface area contributed by atoms with Gasteiger partial charge >= 0.3 is 5.97 Å². The highest BCUT2D eigenvalue weighted by molar-refractivity contribution is 14.1. The number of halogens is 4. The van der Waals surface area contributed by atoms with Gasteiger partial charge in [0.05, 0.1) is 17.3 Å². The van der Waals surface area contributed by atoms with E-state index in [2.05, 4.69) is 15.6 Å². The number of carbonyl (C=O) groups excluding carboxylic acids is 1. The number of rotatable bonds is 5. The molecule has 2 aromatic rings. The third-order valence-corrected chi connectivity index (χ3v) is 6.27. The molecule has 11 heteroatoms. The Labute approximate surface area is 210 Å². The van der Waals surface area contributed by atoms with E-state index in [4.69, 9.17) is 0 Å². The number of fused-ring (bicyclic) bond motifs is 1. The molecular formula is C24H17F3IN3O4. The maximum Gasteiger partial charge on any atom is 0.340 e. The van der Waals surface area contributed by atoms with Crippen LogP contribution in [0, 0.1) is 15.3 Å². The van der Waals surface area contributed by atoms with E-state index in [1.54, 1.807) is 6.07 Å². The molecule has 2 aliphatic rings. The van der Waals surface area contributed by atoms with E-state index < -0.39 is 57.8 Å². The largest absolute Gasteiger partial charge is 0.511 e. The molecule has 1 heterocycles. The van der Waals surface area contributed by atoms with Crippen LogP contribution < -0.4 is 10.6 Å². The van der Waals surface area contributed by atoms with Crippen LogP contribution in [0.2, 0.25) is 0 Å². The highest BCUT2D eigenvalue weighted by Gasteiger charge is 2.54.